The summed E-state index contributed by atoms with van der Waals surface area (Å²) in [5.41, 5.74) is 0. The maximum atomic E-state index is 4.49. The molecule has 1 atom stereocenters. The normalized spacial score (nSPS) is 26.3. The lowest BCUT2D eigenvalue weighted by Gasteiger charge is -2.30. The third-order valence-corrected chi connectivity index (χ3v) is 4.32. The number of nitrogens with zero attached hydrogens (tertiary/aromatic N) is 2. The van der Waals surface area contributed by atoms with Crippen LogP contribution in [0.15, 0.2) is 10.7 Å². The Morgan fingerprint density at radius 3 is 2.93 bits per heavy atom. The van der Waals surface area contributed by atoms with Gasteiger partial charge >= 0.3 is 0 Å². The summed E-state index contributed by atoms with van der Waals surface area (Å²) in [7, 11) is 0. The molecule has 1 saturated carbocycles. The largest absolute Gasteiger partial charge is 0.369 e. The molecule has 1 aliphatic carbocycles. The lowest BCUT2D eigenvalue weighted by atomic mass is 9.94. The van der Waals surface area contributed by atoms with E-state index in [1.807, 2.05) is 6.20 Å². The predicted molar refractivity (Wildman–Crippen MR) is 64.0 cm³/mol. The van der Waals surface area contributed by atoms with Gasteiger partial charge in [0.15, 0.2) is 0 Å². The fourth-order valence-corrected chi connectivity index (χ4v) is 3.41. The molecule has 0 saturated heterocycles. The number of aromatic nitrogens is 2. The van der Waals surface area contributed by atoms with Crippen molar-refractivity contribution in [3.05, 3.63) is 10.7 Å². The lowest BCUT2D eigenvalue weighted by Crippen LogP contribution is -2.28. The minimum absolute atomic E-state index is 0.634. The van der Waals surface area contributed by atoms with Gasteiger partial charge in [0.05, 0.1) is 16.7 Å². The van der Waals surface area contributed by atoms with Crippen molar-refractivity contribution in [2.24, 2.45) is 5.92 Å². The van der Waals surface area contributed by atoms with Gasteiger partial charge in [-0.15, -0.1) is 0 Å². The summed E-state index contributed by atoms with van der Waals surface area (Å²) in [6.07, 6.45) is 8.74. The Labute approximate surface area is 98.4 Å². The minimum atomic E-state index is 0.634. The first-order chi connectivity index (χ1) is 7.36. The van der Waals surface area contributed by atoms with E-state index in [1.165, 1.54) is 37.9 Å². The summed E-state index contributed by atoms with van der Waals surface area (Å²) in [6.45, 7) is 1.09. The van der Waals surface area contributed by atoms with Gasteiger partial charge in [0.1, 0.15) is 5.82 Å². The molecule has 82 valence electrons. The molecule has 2 heterocycles. The van der Waals surface area contributed by atoms with Gasteiger partial charge in [-0.2, -0.15) is 5.10 Å². The van der Waals surface area contributed by atoms with E-state index in [0.29, 0.717) is 6.04 Å². The van der Waals surface area contributed by atoms with Crippen LogP contribution in [0.1, 0.15) is 38.1 Å². The maximum absolute atomic E-state index is 4.49. The molecular weight excluding hydrogens is 254 g/mol. The topological polar surface area (TPSA) is 29.9 Å². The van der Waals surface area contributed by atoms with Crippen molar-refractivity contribution >= 4 is 21.7 Å². The molecule has 2 aliphatic rings. The van der Waals surface area contributed by atoms with Gasteiger partial charge < -0.3 is 5.32 Å². The van der Waals surface area contributed by atoms with E-state index in [-0.39, 0.29) is 0 Å². The Bertz CT molecular complexity index is 355. The van der Waals surface area contributed by atoms with Gasteiger partial charge in [-0.25, -0.2) is 4.68 Å². The SMILES string of the molecule is Brc1cnn2c1NCCC2C1CCCC1. The highest BCUT2D eigenvalue weighted by Crippen LogP contribution is 2.40. The lowest BCUT2D eigenvalue weighted by molar-refractivity contribution is 0.290. The molecule has 15 heavy (non-hydrogen) atoms. The molecule has 4 heteroatoms. The van der Waals surface area contributed by atoms with Crippen molar-refractivity contribution in [2.45, 2.75) is 38.1 Å². The molecule has 3 rings (SSSR count). The van der Waals surface area contributed by atoms with Gasteiger partial charge in [0, 0.05) is 6.54 Å². The fourth-order valence-electron chi connectivity index (χ4n) is 3.00. The van der Waals surface area contributed by atoms with E-state index in [9.17, 15) is 0 Å². The number of hydrogen-bond acceptors (Lipinski definition) is 2. The molecule has 0 aromatic carbocycles. The predicted octanol–water partition coefficient (Wildman–Crippen LogP) is 3.19. The second kappa shape index (κ2) is 3.81. The van der Waals surface area contributed by atoms with Crippen molar-refractivity contribution in [2.75, 3.05) is 11.9 Å². The summed E-state index contributed by atoms with van der Waals surface area (Å²) in [6, 6.07) is 0.634. The monoisotopic (exact) mass is 269 g/mol. The van der Waals surface area contributed by atoms with Gasteiger partial charge in [0.2, 0.25) is 0 Å². The first-order valence-corrected chi connectivity index (χ1v) is 6.62. The number of nitrogens with one attached hydrogen (secondary N) is 1. The zero-order chi connectivity index (χ0) is 10.3. The Morgan fingerprint density at radius 1 is 1.33 bits per heavy atom. The Balaban J connectivity index is 1.91. The van der Waals surface area contributed by atoms with Crippen LogP contribution in [-0.4, -0.2) is 16.3 Å². The third kappa shape index (κ3) is 1.59. The average Bonchev–Trinajstić information content (AvgIpc) is 2.88. The van der Waals surface area contributed by atoms with E-state index in [4.69, 9.17) is 0 Å². The fraction of sp³-hybridized carbons (Fsp3) is 0.727. The molecule has 1 fully saturated rings. The molecule has 0 amide bonds. The Morgan fingerprint density at radius 2 is 2.13 bits per heavy atom. The van der Waals surface area contributed by atoms with Crippen molar-refractivity contribution in [1.29, 1.82) is 0 Å². The molecule has 1 unspecified atom stereocenters. The number of anilines is 1. The van der Waals surface area contributed by atoms with Crippen LogP contribution in [0.5, 0.6) is 0 Å². The van der Waals surface area contributed by atoms with Crippen LogP contribution in [0.25, 0.3) is 0 Å². The molecule has 1 aromatic heterocycles. The van der Waals surface area contributed by atoms with E-state index in [1.54, 1.807) is 0 Å². The Kier molecular flexibility index (Phi) is 2.47. The Hall–Kier alpha value is -0.510. The quantitative estimate of drug-likeness (QED) is 0.849. The summed E-state index contributed by atoms with van der Waals surface area (Å²) in [5, 5.41) is 7.91. The number of fused-ring (bicyclic) bond motifs is 1. The van der Waals surface area contributed by atoms with Gasteiger partial charge in [0.25, 0.3) is 0 Å². The smallest absolute Gasteiger partial charge is 0.139 e. The summed E-state index contributed by atoms with van der Waals surface area (Å²) in [4.78, 5) is 0. The second-order valence-electron chi connectivity index (χ2n) is 4.61. The molecule has 1 aromatic rings. The first-order valence-electron chi connectivity index (χ1n) is 5.83. The van der Waals surface area contributed by atoms with Crippen molar-refractivity contribution in [3.63, 3.8) is 0 Å². The molecule has 1 aliphatic heterocycles. The van der Waals surface area contributed by atoms with E-state index < -0.39 is 0 Å². The van der Waals surface area contributed by atoms with Gasteiger partial charge in [-0.1, -0.05) is 12.8 Å². The molecule has 3 nitrogen and oxygen atoms in total. The minimum Gasteiger partial charge on any atom is -0.369 e. The summed E-state index contributed by atoms with van der Waals surface area (Å²) >= 11 is 3.54. The molecule has 0 spiro atoms. The van der Waals surface area contributed by atoms with Crippen LogP contribution in [-0.2, 0) is 0 Å². The molecule has 0 bridgehead atoms. The van der Waals surface area contributed by atoms with Gasteiger partial charge in [-0.3, -0.25) is 0 Å². The van der Waals surface area contributed by atoms with Crippen LogP contribution in [0, 0.1) is 5.92 Å². The molecule has 1 N–H and O–H groups in total. The molecular formula is C11H16BrN3. The zero-order valence-corrected chi connectivity index (χ0v) is 10.3. The highest BCUT2D eigenvalue weighted by molar-refractivity contribution is 9.10. The van der Waals surface area contributed by atoms with E-state index in [2.05, 4.69) is 31.0 Å². The number of hydrogen-bond donors (Lipinski definition) is 1. The van der Waals surface area contributed by atoms with Crippen LogP contribution < -0.4 is 5.32 Å². The summed E-state index contributed by atoms with van der Waals surface area (Å²) in [5.74, 6) is 2.04. The van der Waals surface area contributed by atoms with Crippen LogP contribution >= 0.6 is 15.9 Å². The van der Waals surface area contributed by atoms with Crippen molar-refractivity contribution in [3.8, 4) is 0 Å². The standard InChI is InChI=1S/C11H16BrN3/c12-9-7-14-15-10(5-6-13-11(9)15)8-3-1-2-4-8/h7-8,10,13H,1-6H2. The highest BCUT2D eigenvalue weighted by Gasteiger charge is 2.31. The van der Waals surface area contributed by atoms with E-state index >= 15 is 0 Å². The zero-order valence-electron chi connectivity index (χ0n) is 8.75. The van der Waals surface area contributed by atoms with E-state index in [0.717, 1.165) is 16.9 Å². The number of rotatable bonds is 1. The van der Waals surface area contributed by atoms with Crippen LogP contribution in [0.2, 0.25) is 0 Å². The molecule has 0 radical (unpaired) electrons. The van der Waals surface area contributed by atoms with Crippen LogP contribution in [0.4, 0.5) is 5.82 Å². The third-order valence-electron chi connectivity index (χ3n) is 3.74. The van der Waals surface area contributed by atoms with Crippen LogP contribution in [0.3, 0.4) is 0 Å². The summed E-state index contributed by atoms with van der Waals surface area (Å²) < 4.78 is 3.30. The second-order valence-corrected chi connectivity index (χ2v) is 5.47. The van der Waals surface area contributed by atoms with Crippen molar-refractivity contribution < 1.29 is 0 Å². The average molecular weight is 270 g/mol. The highest BCUT2D eigenvalue weighted by atomic mass is 79.9. The number of halogens is 1. The first kappa shape index (κ1) is 9.70. The van der Waals surface area contributed by atoms with Gasteiger partial charge in [-0.05, 0) is 41.1 Å². The maximum Gasteiger partial charge on any atom is 0.139 e. The van der Waals surface area contributed by atoms with Crippen molar-refractivity contribution in [1.82, 2.24) is 9.78 Å².